The predicted octanol–water partition coefficient (Wildman–Crippen LogP) is 1.05. The maximum absolute atomic E-state index is 13.2. The van der Waals surface area contributed by atoms with E-state index in [1.807, 2.05) is 0 Å². The Kier molecular flexibility index (Phi) is 4.15. The molecule has 9 nitrogen and oxygen atoms in total. The number of carbonyl (C=O) groups is 2. The molecule has 10 heteroatoms. The van der Waals surface area contributed by atoms with Crippen LogP contribution in [0, 0.1) is 5.82 Å². The molecule has 1 aliphatic heterocycles. The van der Waals surface area contributed by atoms with Gasteiger partial charge in [0.05, 0.1) is 16.7 Å². The summed E-state index contributed by atoms with van der Waals surface area (Å²) in [5, 5.41) is 8.19. The van der Waals surface area contributed by atoms with Gasteiger partial charge in [0, 0.05) is 12.1 Å². The molecule has 3 aromatic rings. The lowest BCUT2D eigenvalue weighted by molar-refractivity contribution is -0.119. The van der Waals surface area contributed by atoms with Gasteiger partial charge in [0.25, 0.3) is 5.91 Å². The Morgan fingerprint density at radius 1 is 1.14 bits per heavy atom. The molecule has 142 valence electrons. The van der Waals surface area contributed by atoms with Crippen molar-refractivity contribution < 1.29 is 14.0 Å². The molecule has 1 atom stereocenters. The van der Waals surface area contributed by atoms with Gasteiger partial charge in [-0.05, 0) is 42.5 Å². The Morgan fingerprint density at radius 2 is 1.86 bits per heavy atom. The van der Waals surface area contributed by atoms with E-state index >= 15 is 0 Å². The number of rotatable bonds is 4. The highest BCUT2D eigenvalue weighted by atomic mass is 19.1. The summed E-state index contributed by atoms with van der Waals surface area (Å²) in [7, 11) is 0. The Labute approximate surface area is 157 Å². The standard InChI is InChI=1S/C18H15FN6O3/c19-9-1-4-11(5-2-9)25-15(16(20)26)8-14(24-25)17(27)21-10-3-6-12-13(7-10)23-18(28)22-12/h1-7,15H,8H2,(H2,20,26)(H,21,27)(H2,22,23,28). The Hall–Kier alpha value is -3.95. The molecule has 0 radical (unpaired) electrons. The van der Waals surface area contributed by atoms with Crippen LogP contribution in [0.1, 0.15) is 6.42 Å². The highest BCUT2D eigenvalue weighted by Crippen LogP contribution is 2.25. The van der Waals surface area contributed by atoms with E-state index in [9.17, 15) is 18.8 Å². The number of nitrogens with zero attached hydrogens (tertiary/aromatic N) is 2. The summed E-state index contributed by atoms with van der Waals surface area (Å²) in [6.45, 7) is 0. The van der Waals surface area contributed by atoms with Crippen molar-refractivity contribution in [3.05, 3.63) is 58.8 Å². The first-order chi connectivity index (χ1) is 13.4. The van der Waals surface area contributed by atoms with Crippen LogP contribution in [0.15, 0.2) is 52.4 Å². The molecular formula is C18H15FN6O3. The van der Waals surface area contributed by atoms with Crippen molar-refractivity contribution in [1.82, 2.24) is 9.97 Å². The SMILES string of the molecule is NC(=O)C1CC(C(=O)Nc2ccc3[nH]c(=O)[nH]c3c2)=NN1c1ccc(F)cc1. The topological polar surface area (TPSA) is 136 Å². The first-order valence-electron chi connectivity index (χ1n) is 8.36. The number of hydrazone groups is 1. The molecule has 2 aromatic carbocycles. The highest BCUT2D eigenvalue weighted by molar-refractivity contribution is 6.44. The van der Waals surface area contributed by atoms with Gasteiger partial charge in [-0.3, -0.25) is 14.6 Å². The molecule has 2 heterocycles. The monoisotopic (exact) mass is 382 g/mol. The van der Waals surface area contributed by atoms with Crippen LogP contribution >= 0.6 is 0 Å². The Balaban J connectivity index is 1.58. The van der Waals surface area contributed by atoms with E-state index < -0.39 is 23.7 Å². The van der Waals surface area contributed by atoms with Crippen molar-refractivity contribution in [2.45, 2.75) is 12.5 Å². The van der Waals surface area contributed by atoms with Crippen LogP contribution in [0.5, 0.6) is 0 Å². The van der Waals surface area contributed by atoms with Crippen molar-refractivity contribution in [1.29, 1.82) is 0 Å². The molecule has 0 fully saturated rings. The number of primary amides is 1. The maximum Gasteiger partial charge on any atom is 0.323 e. The molecule has 1 unspecified atom stereocenters. The molecular weight excluding hydrogens is 367 g/mol. The maximum atomic E-state index is 13.2. The van der Waals surface area contributed by atoms with Crippen molar-refractivity contribution in [2.75, 3.05) is 10.3 Å². The zero-order valence-corrected chi connectivity index (χ0v) is 14.4. The molecule has 1 aliphatic rings. The molecule has 5 N–H and O–H groups in total. The van der Waals surface area contributed by atoms with Gasteiger partial charge in [0.15, 0.2) is 0 Å². The number of carbonyl (C=O) groups excluding carboxylic acids is 2. The zero-order valence-electron chi connectivity index (χ0n) is 14.4. The number of hydrogen-bond acceptors (Lipinski definition) is 5. The number of aromatic amines is 2. The average Bonchev–Trinajstić information content (AvgIpc) is 3.25. The second-order valence-corrected chi connectivity index (χ2v) is 6.28. The first kappa shape index (κ1) is 17.5. The number of hydrogen-bond donors (Lipinski definition) is 4. The first-order valence-corrected chi connectivity index (χ1v) is 8.36. The molecule has 0 aliphatic carbocycles. The number of anilines is 2. The number of nitrogens with two attached hydrogens (primary N) is 1. The summed E-state index contributed by atoms with van der Waals surface area (Å²) in [4.78, 5) is 40.9. The minimum absolute atomic E-state index is 0.0157. The van der Waals surface area contributed by atoms with Gasteiger partial charge in [0.2, 0.25) is 5.91 Å². The quantitative estimate of drug-likeness (QED) is 0.536. The number of benzene rings is 2. The predicted molar refractivity (Wildman–Crippen MR) is 101 cm³/mol. The second-order valence-electron chi connectivity index (χ2n) is 6.28. The van der Waals surface area contributed by atoms with Gasteiger partial charge in [-0.15, -0.1) is 0 Å². The third-order valence-electron chi connectivity index (χ3n) is 4.37. The van der Waals surface area contributed by atoms with Gasteiger partial charge in [-0.25, -0.2) is 9.18 Å². The van der Waals surface area contributed by atoms with E-state index in [0.717, 1.165) is 0 Å². The molecule has 1 aromatic heterocycles. The van der Waals surface area contributed by atoms with Crippen LogP contribution in [0.2, 0.25) is 0 Å². The number of fused-ring (bicyclic) bond motifs is 1. The fourth-order valence-corrected chi connectivity index (χ4v) is 3.01. The smallest absolute Gasteiger partial charge is 0.323 e. The molecule has 0 saturated carbocycles. The summed E-state index contributed by atoms with van der Waals surface area (Å²) >= 11 is 0. The molecule has 28 heavy (non-hydrogen) atoms. The normalized spacial score (nSPS) is 16.2. The summed E-state index contributed by atoms with van der Waals surface area (Å²) in [6.07, 6.45) is 0.0157. The number of nitrogens with one attached hydrogen (secondary N) is 3. The molecule has 0 saturated heterocycles. The zero-order chi connectivity index (χ0) is 19.8. The van der Waals surface area contributed by atoms with Crippen LogP contribution < -0.4 is 21.7 Å². The van der Waals surface area contributed by atoms with Crippen LogP contribution in [-0.4, -0.2) is 33.5 Å². The lowest BCUT2D eigenvalue weighted by Gasteiger charge is -2.20. The highest BCUT2D eigenvalue weighted by Gasteiger charge is 2.35. The third-order valence-corrected chi connectivity index (χ3v) is 4.37. The minimum Gasteiger partial charge on any atom is -0.368 e. The summed E-state index contributed by atoms with van der Waals surface area (Å²) in [6, 6.07) is 9.39. The molecule has 0 spiro atoms. The number of imidazole rings is 1. The van der Waals surface area contributed by atoms with Gasteiger partial charge in [0.1, 0.15) is 17.6 Å². The molecule has 0 bridgehead atoms. The summed E-state index contributed by atoms with van der Waals surface area (Å²) in [5.41, 5.74) is 7.24. The van der Waals surface area contributed by atoms with E-state index in [0.29, 0.717) is 22.4 Å². The van der Waals surface area contributed by atoms with Crippen molar-refractivity contribution >= 4 is 39.9 Å². The van der Waals surface area contributed by atoms with Crippen molar-refractivity contribution in [2.24, 2.45) is 10.8 Å². The Morgan fingerprint density at radius 3 is 2.57 bits per heavy atom. The molecule has 2 amide bonds. The van der Waals surface area contributed by atoms with Gasteiger partial charge >= 0.3 is 5.69 Å². The Bertz CT molecular complexity index is 1160. The van der Waals surface area contributed by atoms with E-state index in [1.165, 1.54) is 29.3 Å². The van der Waals surface area contributed by atoms with Crippen molar-refractivity contribution in [3.8, 4) is 0 Å². The van der Waals surface area contributed by atoms with Gasteiger partial charge in [-0.2, -0.15) is 5.10 Å². The van der Waals surface area contributed by atoms with E-state index in [2.05, 4.69) is 20.4 Å². The van der Waals surface area contributed by atoms with Crippen LogP contribution in [0.25, 0.3) is 11.0 Å². The van der Waals surface area contributed by atoms with Gasteiger partial charge < -0.3 is 21.0 Å². The fourth-order valence-electron chi connectivity index (χ4n) is 3.01. The average molecular weight is 382 g/mol. The van der Waals surface area contributed by atoms with Gasteiger partial charge in [-0.1, -0.05) is 0 Å². The second kappa shape index (κ2) is 6.65. The van der Waals surface area contributed by atoms with Crippen molar-refractivity contribution in [3.63, 3.8) is 0 Å². The number of H-pyrrole nitrogens is 2. The van der Waals surface area contributed by atoms with E-state index in [4.69, 9.17) is 5.73 Å². The number of aromatic nitrogens is 2. The van der Waals surface area contributed by atoms with Crippen LogP contribution in [0.4, 0.5) is 15.8 Å². The van der Waals surface area contributed by atoms with E-state index in [1.54, 1.807) is 18.2 Å². The van der Waals surface area contributed by atoms with Crippen LogP contribution in [0.3, 0.4) is 0 Å². The minimum atomic E-state index is -0.852. The lowest BCUT2D eigenvalue weighted by atomic mass is 10.1. The fraction of sp³-hybridized carbons (Fsp3) is 0.111. The van der Waals surface area contributed by atoms with E-state index in [-0.39, 0.29) is 17.8 Å². The number of halogens is 1. The summed E-state index contributed by atoms with van der Waals surface area (Å²) in [5.74, 6) is -1.59. The van der Waals surface area contributed by atoms with Crippen LogP contribution in [-0.2, 0) is 9.59 Å². The molecule has 4 rings (SSSR count). The summed E-state index contributed by atoms with van der Waals surface area (Å²) < 4.78 is 13.2. The lowest BCUT2D eigenvalue weighted by Crippen LogP contribution is -2.39. The number of amides is 2. The largest absolute Gasteiger partial charge is 0.368 e. The third kappa shape index (κ3) is 3.22.